The van der Waals surface area contributed by atoms with Crippen LogP contribution in [0.2, 0.25) is 0 Å². The molecule has 2 aromatic rings. The summed E-state index contributed by atoms with van der Waals surface area (Å²) in [5.41, 5.74) is 1.77. The third kappa shape index (κ3) is 2.28. The number of aryl methyl sites for hydroxylation is 1. The highest BCUT2D eigenvalue weighted by Gasteiger charge is 2.08. The van der Waals surface area contributed by atoms with Gasteiger partial charge in [-0.2, -0.15) is 5.26 Å². The zero-order valence-corrected chi connectivity index (χ0v) is 9.84. The average molecular weight is 227 g/mol. The number of rotatable bonds is 3. The lowest BCUT2D eigenvalue weighted by Gasteiger charge is -2.04. The second-order valence-electron chi connectivity index (χ2n) is 3.73. The Labute approximate surface area is 100 Å². The summed E-state index contributed by atoms with van der Waals surface area (Å²) in [6, 6.07) is 9.82. The Morgan fingerprint density at radius 2 is 2.29 bits per heavy atom. The van der Waals surface area contributed by atoms with E-state index in [9.17, 15) is 0 Å². The van der Waals surface area contributed by atoms with E-state index in [-0.39, 0.29) is 0 Å². The van der Waals surface area contributed by atoms with Crippen LogP contribution < -0.4 is 4.74 Å². The minimum Gasteiger partial charge on any atom is -0.497 e. The monoisotopic (exact) mass is 227 g/mol. The Morgan fingerprint density at radius 3 is 3.00 bits per heavy atom. The highest BCUT2D eigenvalue weighted by atomic mass is 16.5. The van der Waals surface area contributed by atoms with Crippen molar-refractivity contribution in [3.05, 3.63) is 36.2 Å². The van der Waals surface area contributed by atoms with Crippen LogP contribution in [-0.2, 0) is 13.5 Å². The first-order valence-electron chi connectivity index (χ1n) is 5.28. The van der Waals surface area contributed by atoms with Gasteiger partial charge in [-0.05, 0) is 12.1 Å². The molecule has 0 aliphatic rings. The molecule has 0 atom stereocenters. The normalized spacial score (nSPS) is 9.94. The second-order valence-corrected chi connectivity index (χ2v) is 3.73. The van der Waals surface area contributed by atoms with Crippen molar-refractivity contribution < 1.29 is 4.74 Å². The quantitative estimate of drug-likeness (QED) is 0.807. The van der Waals surface area contributed by atoms with Gasteiger partial charge in [0.2, 0.25) is 0 Å². The maximum Gasteiger partial charge on any atom is 0.140 e. The van der Waals surface area contributed by atoms with E-state index in [1.165, 1.54) is 0 Å². The van der Waals surface area contributed by atoms with Crippen LogP contribution in [-0.4, -0.2) is 16.7 Å². The fourth-order valence-electron chi connectivity index (χ4n) is 1.72. The van der Waals surface area contributed by atoms with Crippen molar-refractivity contribution in [3.63, 3.8) is 0 Å². The molecule has 4 nitrogen and oxygen atoms in total. The number of aromatic nitrogens is 2. The first-order chi connectivity index (χ1) is 8.24. The highest BCUT2D eigenvalue weighted by Crippen LogP contribution is 2.22. The van der Waals surface area contributed by atoms with Crippen molar-refractivity contribution in [1.29, 1.82) is 5.26 Å². The molecule has 0 fully saturated rings. The average Bonchev–Trinajstić information content (AvgIpc) is 2.71. The van der Waals surface area contributed by atoms with Crippen molar-refractivity contribution in [2.75, 3.05) is 7.11 Å². The van der Waals surface area contributed by atoms with Crippen LogP contribution in [0.15, 0.2) is 30.5 Å². The molecular formula is C13H13N3O. The van der Waals surface area contributed by atoms with E-state index < -0.39 is 0 Å². The lowest BCUT2D eigenvalue weighted by Crippen LogP contribution is -1.91. The molecule has 1 heterocycles. The summed E-state index contributed by atoms with van der Waals surface area (Å²) in [6.45, 7) is 0. The van der Waals surface area contributed by atoms with Gasteiger partial charge in [0.05, 0.1) is 25.3 Å². The second kappa shape index (κ2) is 4.71. The number of methoxy groups -OCH3 is 1. The van der Waals surface area contributed by atoms with Gasteiger partial charge in [0.25, 0.3) is 0 Å². The van der Waals surface area contributed by atoms with Gasteiger partial charge < -0.3 is 9.30 Å². The van der Waals surface area contributed by atoms with Crippen LogP contribution in [0.25, 0.3) is 11.4 Å². The van der Waals surface area contributed by atoms with Gasteiger partial charge in [0, 0.05) is 18.8 Å². The number of imidazole rings is 1. The maximum atomic E-state index is 8.65. The molecule has 0 radical (unpaired) electrons. The van der Waals surface area contributed by atoms with Crippen molar-refractivity contribution in [1.82, 2.24) is 9.55 Å². The SMILES string of the molecule is COc1cccc(-c2nc(CC#N)cn2C)c1. The topological polar surface area (TPSA) is 50.8 Å². The molecule has 17 heavy (non-hydrogen) atoms. The molecule has 0 spiro atoms. The van der Waals surface area contributed by atoms with Crippen LogP contribution in [0.5, 0.6) is 5.75 Å². The first-order valence-corrected chi connectivity index (χ1v) is 5.28. The van der Waals surface area contributed by atoms with E-state index in [0.717, 1.165) is 22.8 Å². The Balaban J connectivity index is 2.42. The molecule has 0 N–H and O–H groups in total. The van der Waals surface area contributed by atoms with Crippen LogP contribution in [0.3, 0.4) is 0 Å². The molecule has 0 aliphatic carbocycles. The van der Waals surface area contributed by atoms with E-state index in [2.05, 4.69) is 11.1 Å². The maximum absolute atomic E-state index is 8.65. The standard InChI is InChI=1S/C13H13N3O/c1-16-9-11(6-7-14)15-13(16)10-4-3-5-12(8-10)17-2/h3-5,8-9H,6H2,1-2H3. The third-order valence-electron chi connectivity index (χ3n) is 2.51. The zero-order valence-electron chi connectivity index (χ0n) is 9.84. The van der Waals surface area contributed by atoms with Gasteiger partial charge in [0.1, 0.15) is 11.6 Å². The summed E-state index contributed by atoms with van der Waals surface area (Å²) in [5, 5.41) is 8.65. The molecule has 1 aromatic heterocycles. The predicted molar refractivity (Wildman–Crippen MR) is 64.5 cm³/mol. The lowest BCUT2D eigenvalue weighted by atomic mass is 10.2. The Morgan fingerprint density at radius 1 is 1.47 bits per heavy atom. The van der Waals surface area contributed by atoms with E-state index in [4.69, 9.17) is 10.00 Å². The van der Waals surface area contributed by atoms with Crippen LogP contribution in [0.1, 0.15) is 5.69 Å². The van der Waals surface area contributed by atoms with E-state index in [1.807, 2.05) is 42.1 Å². The number of benzene rings is 1. The molecule has 0 saturated carbocycles. The number of hydrogen-bond donors (Lipinski definition) is 0. The summed E-state index contributed by atoms with van der Waals surface area (Å²) in [5.74, 6) is 1.64. The summed E-state index contributed by atoms with van der Waals surface area (Å²) < 4.78 is 7.10. The molecule has 0 saturated heterocycles. The van der Waals surface area contributed by atoms with Crippen molar-refractivity contribution in [2.45, 2.75) is 6.42 Å². The third-order valence-corrected chi connectivity index (χ3v) is 2.51. The highest BCUT2D eigenvalue weighted by molar-refractivity contribution is 5.58. The number of nitrogens with zero attached hydrogens (tertiary/aromatic N) is 3. The summed E-state index contributed by atoms with van der Waals surface area (Å²) in [7, 11) is 3.56. The largest absolute Gasteiger partial charge is 0.497 e. The first kappa shape index (κ1) is 11.2. The number of nitriles is 1. The fraction of sp³-hybridized carbons (Fsp3) is 0.231. The smallest absolute Gasteiger partial charge is 0.140 e. The van der Waals surface area contributed by atoms with Gasteiger partial charge >= 0.3 is 0 Å². The van der Waals surface area contributed by atoms with Crippen molar-refractivity contribution in [3.8, 4) is 23.2 Å². The van der Waals surface area contributed by atoms with E-state index >= 15 is 0 Å². The number of ether oxygens (including phenoxy) is 1. The van der Waals surface area contributed by atoms with Gasteiger partial charge in [-0.3, -0.25) is 0 Å². The molecule has 1 aromatic carbocycles. The fourth-order valence-corrected chi connectivity index (χ4v) is 1.72. The van der Waals surface area contributed by atoms with Crippen LogP contribution in [0, 0.1) is 11.3 Å². The van der Waals surface area contributed by atoms with Gasteiger partial charge in [-0.1, -0.05) is 12.1 Å². The molecular weight excluding hydrogens is 214 g/mol. The minimum atomic E-state index is 0.331. The van der Waals surface area contributed by atoms with Crippen molar-refractivity contribution in [2.24, 2.45) is 7.05 Å². The van der Waals surface area contributed by atoms with Gasteiger partial charge in [-0.15, -0.1) is 0 Å². The molecule has 86 valence electrons. The van der Waals surface area contributed by atoms with Crippen molar-refractivity contribution >= 4 is 0 Å². The lowest BCUT2D eigenvalue weighted by molar-refractivity contribution is 0.415. The Bertz CT molecular complexity index is 566. The van der Waals surface area contributed by atoms with Gasteiger partial charge in [-0.25, -0.2) is 4.98 Å². The van der Waals surface area contributed by atoms with Crippen LogP contribution >= 0.6 is 0 Å². The molecule has 2 rings (SSSR count). The molecule has 0 aliphatic heterocycles. The Kier molecular flexibility index (Phi) is 3.10. The zero-order chi connectivity index (χ0) is 12.3. The molecule has 0 unspecified atom stereocenters. The Hall–Kier alpha value is -2.28. The van der Waals surface area contributed by atoms with E-state index in [1.54, 1.807) is 7.11 Å². The predicted octanol–water partition coefficient (Wildman–Crippen LogP) is 2.16. The summed E-state index contributed by atoms with van der Waals surface area (Å²) in [6.07, 6.45) is 2.20. The summed E-state index contributed by atoms with van der Waals surface area (Å²) in [4.78, 5) is 4.43. The van der Waals surface area contributed by atoms with Gasteiger partial charge in [0.15, 0.2) is 0 Å². The minimum absolute atomic E-state index is 0.331. The number of hydrogen-bond acceptors (Lipinski definition) is 3. The van der Waals surface area contributed by atoms with E-state index in [0.29, 0.717) is 6.42 Å². The molecule has 0 amide bonds. The summed E-state index contributed by atoms with van der Waals surface area (Å²) >= 11 is 0. The molecule has 0 bridgehead atoms. The molecule has 4 heteroatoms. The van der Waals surface area contributed by atoms with Crippen LogP contribution in [0.4, 0.5) is 0 Å².